The van der Waals surface area contributed by atoms with Crippen LogP contribution in [-0.4, -0.2) is 15.9 Å². The SMILES string of the molecule is NC(=O)Cc1nc2ccccc2[nH]c1=O. The second-order valence-electron chi connectivity index (χ2n) is 3.17. The average molecular weight is 203 g/mol. The number of nitrogens with two attached hydrogens (primary N) is 1. The topological polar surface area (TPSA) is 88.8 Å². The molecule has 1 heterocycles. The minimum atomic E-state index is -0.566. The largest absolute Gasteiger partial charge is 0.369 e. The van der Waals surface area contributed by atoms with Gasteiger partial charge in [-0.2, -0.15) is 0 Å². The molecule has 0 aliphatic rings. The molecule has 5 nitrogen and oxygen atoms in total. The first-order chi connectivity index (χ1) is 7.16. The zero-order valence-electron chi connectivity index (χ0n) is 7.86. The second-order valence-corrected chi connectivity index (χ2v) is 3.17. The van der Waals surface area contributed by atoms with E-state index in [1.165, 1.54) is 0 Å². The molecule has 76 valence electrons. The molecule has 5 heteroatoms. The Labute approximate surface area is 84.9 Å². The molecule has 3 N–H and O–H groups in total. The number of H-pyrrole nitrogens is 1. The van der Waals surface area contributed by atoms with Gasteiger partial charge in [-0.05, 0) is 12.1 Å². The highest BCUT2D eigenvalue weighted by molar-refractivity contribution is 5.78. The zero-order valence-corrected chi connectivity index (χ0v) is 7.86. The molecule has 0 atom stereocenters. The summed E-state index contributed by atoms with van der Waals surface area (Å²) >= 11 is 0. The molecule has 0 radical (unpaired) electrons. The highest BCUT2D eigenvalue weighted by Gasteiger charge is 2.06. The van der Waals surface area contributed by atoms with E-state index in [9.17, 15) is 9.59 Å². The number of amides is 1. The van der Waals surface area contributed by atoms with Gasteiger partial charge >= 0.3 is 0 Å². The van der Waals surface area contributed by atoms with Gasteiger partial charge in [0.05, 0.1) is 17.5 Å². The lowest BCUT2D eigenvalue weighted by Gasteiger charge is -1.99. The van der Waals surface area contributed by atoms with Crippen LogP contribution in [0.25, 0.3) is 11.0 Å². The number of benzene rings is 1. The van der Waals surface area contributed by atoms with E-state index in [0.717, 1.165) is 0 Å². The van der Waals surface area contributed by atoms with E-state index >= 15 is 0 Å². The number of hydrogen-bond donors (Lipinski definition) is 2. The fourth-order valence-corrected chi connectivity index (χ4v) is 1.35. The van der Waals surface area contributed by atoms with Crippen molar-refractivity contribution in [3.05, 3.63) is 40.3 Å². The van der Waals surface area contributed by atoms with Crippen LogP contribution in [-0.2, 0) is 11.2 Å². The van der Waals surface area contributed by atoms with Gasteiger partial charge in [0.15, 0.2) is 0 Å². The van der Waals surface area contributed by atoms with Crippen LogP contribution in [0.15, 0.2) is 29.1 Å². The normalized spacial score (nSPS) is 10.4. The number of carbonyl (C=O) groups excluding carboxylic acids is 1. The molecule has 1 aromatic carbocycles. The molecule has 2 aromatic rings. The van der Waals surface area contributed by atoms with Crippen molar-refractivity contribution < 1.29 is 4.79 Å². The van der Waals surface area contributed by atoms with E-state index in [-0.39, 0.29) is 17.7 Å². The minimum absolute atomic E-state index is 0.139. The van der Waals surface area contributed by atoms with Crippen molar-refractivity contribution in [2.75, 3.05) is 0 Å². The van der Waals surface area contributed by atoms with Crippen molar-refractivity contribution >= 4 is 16.9 Å². The molecule has 15 heavy (non-hydrogen) atoms. The van der Waals surface area contributed by atoms with Crippen molar-refractivity contribution in [2.24, 2.45) is 5.73 Å². The summed E-state index contributed by atoms with van der Waals surface area (Å²) in [5, 5.41) is 0. The smallest absolute Gasteiger partial charge is 0.270 e. The fourth-order valence-electron chi connectivity index (χ4n) is 1.35. The van der Waals surface area contributed by atoms with Crippen LogP contribution in [0.3, 0.4) is 0 Å². The van der Waals surface area contributed by atoms with E-state index < -0.39 is 5.91 Å². The van der Waals surface area contributed by atoms with Gasteiger partial charge in [-0.15, -0.1) is 0 Å². The lowest BCUT2D eigenvalue weighted by molar-refractivity contribution is -0.117. The van der Waals surface area contributed by atoms with Crippen LogP contribution in [0.2, 0.25) is 0 Å². The summed E-state index contributed by atoms with van der Waals surface area (Å²) in [6.07, 6.45) is -0.139. The van der Waals surface area contributed by atoms with Crippen LogP contribution in [0.5, 0.6) is 0 Å². The Kier molecular flexibility index (Phi) is 2.21. The third-order valence-electron chi connectivity index (χ3n) is 2.01. The van der Waals surface area contributed by atoms with Gasteiger partial charge in [-0.3, -0.25) is 9.59 Å². The molecule has 0 unspecified atom stereocenters. The monoisotopic (exact) mass is 203 g/mol. The Morgan fingerprint density at radius 2 is 2.13 bits per heavy atom. The van der Waals surface area contributed by atoms with Crippen molar-refractivity contribution in [1.29, 1.82) is 0 Å². The number of carbonyl (C=O) groups is 1. The molecule has 0 saturated carbocycles. The first kappa shape index (κ1) is 9.39. The molecule has 0 fully saturated rings. The highest BCUT2D eigenvalue weighted by Crippen LogP contribution is 2.05. The lowest BCUT2D eigenvalue weighted by atomic mass is 10.2. The molecule has 0 aliphatic heterocycles. The number of aromatic amines is 1. The molecular weight excluding hydrogens is 194 g/mol. The van der Waals surface area contributed by atoms with Gasteiger partial charge < -0.3 is 10.7 Å². The molecule has 0 spiro atoms. The molecular formula is C10H9N3O2. The first-order valence-electron chi connectivity index (χ1n) is 4.43. The number of rotatable bonds is 2. The minimum Gasteiger partial charge on any atom is -0.369 e. The number of primary amides is 1. The van der Waals surface area contributed by atoms with Crippen molar-refractivity contribution in [1.82, 2.24) is 9.97 Å². The van der Waals surface area contributed by atoms with E-state index in [0.29, 0.717) is 11.0 Å². The van der Waals surface area contributed by atoms with Crippen molar-refractivity contribution in [3.8, 4) is 0 Å². The Hall–Kier alpha value is -2.17. The van der Waals surface area contributed by atoms with E-state index in [2.05, 4.69) is 9.97 Å². The fraction of sp³-hybridized carbons (Fsp3) is 0.100. The Balaban J connectivity index is 2.62. The average Bonchev–Trinajstić information content (AvgIpc) is 2.18. The predicted octanol–water partition coefficient (Wildman–Crippen LogP) is -0.0491. The van der Waals surface area contributed by atoms with E-state index in [1.807, 2.05) is 6.07 Å². The first-order valence-corrected chi connectivity index (χ1v) is 4.43. The van der Waals surface area contributed by atoms with Crippen LogP contribution in [0, 0.1) is 0 Å². The molecule has 1 aromatic heterocycles. The molecule has 1 amide bonds. The number of nitrogens with zero attached hydrogens (tertiary/aromatic N) is 1. The summed E-state index contributed by atoms with van der Waals surface area (Å²) in [4.78, 5) is 28.8. The summed E-state index contributed by atoms with van der Waals surface area (Å²) in [6.45, 7) is 0. The summed E-state index contributed by atoms with van der Waals surface area (Å²) in [5.41, 5.74) is 6.09. The Morgan fingerprint density at radius 1 is 1.40 bits per heavy atom. The number of fused-ring (bicyclic) bond motifs is 1. The predicted molar refractivity (Wildman–Crippen MR) is 55.3 cm³/mol. The third-order valence-corrected chi connectivity index (χ3v) is 2.01. The quantitative estimate of drug-likeness (QED) is 0.717. The molecule has 2 rings (SSSR count). The summed E-state index contributed by atoms with van der Waals surface area (Å²) in [7, 11) is 0. The summed E-state index contributed by atoms with van der Waals surface area (Å²) < 4.78 is 0. The van der Waals surface area contributed by atoms with Crippen molar-refractivity contribution in [2.45, 2.75) is 6.42 Å². The Bertz CT molecular complexity index is 574. The molecule has 0 aliphatic carbocycles. The van der Waals surface area contributed by atoms with Gasteiger partial charge in [0, 0.05) is 0 Å². The molecule has 0 saturated heterocycles. The van der Waals surface area contributed by atoms with Crippen LogP contribution < -0.4 is 11.3 Å². The van der Waals surface area contributed by atoms with Crippen LogP contribution in [0.4, 0.5) is 0 Å². The van der Waals surface area contributed by atoms with Gasteiger partial charge in [-0.1, -0.05) is 12.1 Å². The zero-order chi connectivity index (χ0) is 10.8. The number of aromatic nitrogens is 2. The molecule has 0 bridgehead atoms. The standard InChI is InChI=1S/C10H9N3O2/c11-9(14)5-8-10(15)13-7-4-2-1-3-6(7)12-8/h1-4H,5H2,(H2,11,14)(H,13,15). The van der Waals surface area contributed by atoms with Crippen LogP contribution >= 0.6 is 0 Å². The maximum atomic E-state index is 11.4. The third kappa shape index (κ3) is 1.85. The Morgan fingerprint density at radius 3 is 2.87 bits per heavy atom. The second kappa shape index (κ2) is 3.53. The number of para-hydroxylation sites is 2. The van der Waals surface area contributed by atoms with Crippen molar-refractivity contribution in [3.63, 3.8) is 0 Å². The van der Waals surface area contributed by atoms with Gasteiger partial charge in [0.25, 0.3) is 5.56 Å². The van der Waals surface area contributed by atoms with Crippen LogP contribution in [0.1, 0.15) is 5.69 Å². The van der Waals surface area contributed by atoms with Gasteiger partial charge in [0.1, 0.15) is 5.69 Å². The lowest BCUT2D eigenvalue weighted by Crippen LogP contribution is -2.22. The maximum absolute atomic E-state index is 11.4. The van der Waals surface area contributed by atoms with Gasteiger partial charge in [-0.25, -0.2) is 4.98 Å². The van der Waals surface area contributed by atoms with E-state index in [1.54, 1.807) is 18.2 Å². The number of hydrogen-bond acceptors (Lipinski definition) is 3. The van der Waals surface area contributed by atoms with Gasteiger partial charge in [0.2, 0.25) is 5.91 Å². The summed E-state index contributed by atoms with van der Waals surface area (Å²) in [6, 6.07) is 7.11. The highest BCUT2D eigenvalue weighted by atomic mass is 16.1. The maximum Gasteiger partial charge on any atom is 0.270 e. The summed E-state index contributed by atoms with van der Waals surface area (Å²) in [5.74, 6) is -0.566. The number of nitrogens with one attached hydrogen (secondary N) is 1. The van der Waals surface area contributed by atoms with E-state index in [4.69, 9.17) is 5.73 Å².